The van der Waals surface area contributed by atoms with Crippen molar-refractivity contribution in [1.82, 2.24) is 0 Å². The first-order valence-corrected chi connectivity index (χ1v) is 6.77. The van der Waals surface area contributed by atoms with Gasteiger partial charge in [-0.15, -0.1) is 0 Å². The van der Waals surface area contributed by atoms with Gasteiger partial charge >= 0.3 is 17.9 Å². The van der Waals surface area contributed by atoms with Crippen molar-refractivity contribution in [2.24, 2.45) is 0 Å². The van der Waals surface area contributed by atoms with E-state index in [1.807, 2.05) is 0 Å². The van der Waals surface area contributed by atoms with Gasteiger partial charge in [-0.3, -0.25) is 14.4 Å². The molecule has 2 N–H and O–H groups in total. The molecule has 1 aliphatic heterocycles. The standard InChI is InChI=1S/C13H20O9/c1-4-9(16)19-5-8-11(20-6(2)14)12(21-7(3)15)10(17)13(18)22-8/h8,10-13,17-18H,4-5H2,1-3H3/t8-,10-,11-,12-,13?/m1/s1. The number of carbonyl (C=O) groups is 3. The highest BCUT2D eigenvalue weighted by Crippen LogP contribution is 2.25. The third kappa shape index (κ3) is 4.93. The second kappa shape index (κ2) is 8.06. The molecule has 1 saturated heterocycles. The predicted molar refractivity (Wildman–Crippen MR) is 69.2 cm³/mol. The smallest absolute Gasteiger partial charge is 0.305 e. The molecule has 1 fully saturated rings. The van der Waals surface area contributed by atoms with Crippen LogP contribution in [-0.4, -0.2) is 65.4 Å². The lowest BCUT2D eigenvalue weighted by molar-refractivity contribution is -0.293. The molecule has 0 saturated carbocycles. The fourth-order valence-electron chi connectivity index (χ4n) is 1.98. The summed E-state index contributed by atoms with van der Waals surface area (Å²) < 4.78 is 19.9. The Labute approximate surface area is 127 Å². The fourth-order valence-corrected chi connectivity index (χ4v) is 1.98. The van der Waals surface area contributed by atoms with Gasteiger partial charge in [0.2, 0.25) is 0 Å². The van der Waals surface area contributed by atoms with Crippen LogP contribution in [0.3, 0.4) is 0 Å². The Morgan fingerprint density at radius 2 is 1.59 bits per heavy atom. The maximum Gasteiger partial charge on any atom is 0.305 e. The lowest BCUT2D eigenvalue weighted by Gasteiger charge is -2.41. The molecular formula is C13H20O9. The van der Waals surface area contributed by atoms with Crippen LogP contribution in [0.1, 0.15) is 27.2 Å². The zero-order chi connectivity index (χ0) is 16.9. The van der Waals surface area contributed by atoms with Gasteiger partial charge in [0.05, 0.1) is 0 Å². The Hall–Kier alpha value is -1.71. The Morgan fingerprint density at radius 1 is 1.05 bits per heavy atom. The monoisotopic (exact) mass is 320 g/mol. The highest BCUT2D eigenvalue weighted by atomic mass is 16.7. The molecule has 1 unspecified atom stereocenters. The average Bonchev–Trinajstić information content (AvgIpc) is 2.43. The molecule has 1 rings (SSSR count). The second-order valence-corrected chi connectivity index (χ2v) is 4.74. The average molecular weight is 320 g/mol. The molecular weight excluding hydrogens is 300 g/mol. The molecule has 9 heteroatoms. The summed E-state index contributed by atoms with van der Waals surface area (Å²) in [7, 11) is 0. The normalized spacial score (nSPS) is 31.2. The first-order chi connectivity index (χ1) is 10.3. The van der Waals surface area contributed by atoms with E-state index in [1.165, 1.54) is 0 Å². The molecule has 0 radical (unpaired) electrons. The summed E-state index contributed by atoms with van der Waals surface area (Å²) in [6.07, 6.45) is -6.79. The van der Waals surface area contributed by atoms with Crippen LogP contribution in [0, 0.1) is 0 Å². The lowest BCUT2D eigenvalue weighted by Crippen LogP contribution is -2.61. The minimum Gasteiger partial charge on any atom is -0.463 e. The molecule has 5 atom stereocenters. The maximum atomic E-state index is 11.2. The van der Waals surface area contributed by atoms with Crippen LogP contribution < -0.4 is 0 Å². The Balaban J connectivity index is 2.92. The van der Waals surface area contributed by atoms with Crippen molar-refractivity contribution < 1.29 is 43.5 Å². The molecule has 126 valence electrons. The van der Waals surface area contributed by atoms with Gasteiger partial charge in [0.1, 0.15) is 18.8 Å². The van der Waals surface area contributed by atoms with Crippen LogP contribution >= 0.6 is 0 Å². The minimum absolute atomic E-state index is 0.128. The van der Waals surface area contributed by atoms with Crippen LogP contribution in [0.25, 0.3) is 0 Å². The molecule has 22 heavy (non-hydrogen) atoms. The zero-order valence-electron chi connectivity index (χ0n) is 12.6. The first kappa shape index (κ1) is 18.3. The molecule has 0 aromatic rings. The van der Waals surface area contributed by atoms with E-state index in [0.29, 0.717) is 0 Å². The van der Waals surface area contributed by atoms with Crippen molar-refractivity contribution in [3.63, 3.8) is 0 Å². The van der Waals surface area contributed by atoms with E-state index in [9.17, 15) is 24.6 Å². The fraction of sp³-hybridized carbons (Fsp3) is 0.769. The van der Waals surface area contributed by atoms with Gasteiger partial charge in [-0.25, -0.2) is 0 Å². The van der Waals surface area contributed by atoms with E-state index in [4.69, 9.17) is 18.9 Å². The number of ether oxygens (including phenoxy) is 4. The Bertz CT molecular complexity index is 422. The van der Waals surface area contributed by atoms with Crippen LogP contribution in [-0.2, 0) is 33.3 Å². The van der Waals surface area contributed by atoms with E-state index in [0.717, 1.165) is 13.8 Å². The van der Waals surface area contributed by atoms with Crippen molar-refractivity contribution in [1.29, 1.82) is 0 Å². The van der Waals surface area contributed by atoms with E-state index in [2.05, 4.69) is 0 Å². The van der Waals surface area contributed by atoms with E-state index in [1.54, 1.807) is 6.92 Å². The summed E-state index contributed by atoms with van der Waals surface area (Å²) in [6.45, 7) is 3.49. The second-order valence-electron chi connectivity index (χ2n) is 4.74. The van der Waals surface area contributed by atoms with Gasteiger partial charge in [-0.1, -0.05) is 6.92 Å². The summed E-state index contributed by atoms with van der Waals surface area (Å²) in [5.41, 5.74) is 0. The molecule has 0 aromatic heterocycles. The number of esters is 3. The summed E-state index contributed by atoms with van der Waals surface area (Å²) in [5.74, 6) is -1.96. The number of carbonyl (C=O) groups excluding carboxylic acids is 3. The summed E-state index contributed by atoms with van der Waals surface area (Å²) >= 11 is 0. The Kier molecular flexibility index (Phi) is 6.72. The van der Waals surface area contributed by atoms with Crippen molar-refractivity contribution in [2.45, 2.75) is 57.9 Å². The van der Waals surface area contributed by atoms with Gasteiger partial charge < -0.3 is 29.2 Å². The van der Waals surface area contributed by atoms with Gasteiger partial charge in [0, 0.05) is 20.3 Å². The maximum absolute atomic E-state index is 11.2. The SMILES string of the molecule is CCC(=O)OC[C@H]1OC(O)[C@H](O)[C@@H](OC(C)=O)[C@@H]1OC(C)=O. The molecule has 0 amide bonds. The van der Waals surface area contributed by atoms with Gasteiger partial charge in [0.25, 0.3) is 0 Å². The minimum atomic E-state index is -1.68. The molecule has 0 bridgehead atoms. The first-order valence-electron chi connectivity index (χ1n) is 6.77. The van der Waals surface area contributed by atoms with E-state index < -0.39 is 48.6 Å². The van der Waals surface area contributed by atoms with Gasteiger partial charge in [0.15, 0.2) is 18.5 Å². The molecule has 9 nitrogen and oxygen atoms in total. The highest BCUT2D eigenvalue weighted by Gasteiger charge is 2.49. The topological polar surface area (TPSA) is 129 Å². The van der Waals surface area contributed by atoms with Crippen LogP contribution in [0.5, 0.6) is 0 Å². The van der Waals surface area contributed by atoms with Crippen molar-refractivity contribution in [3.8, 4) is 0 Å². The van der Waals surface area contributed by atoms with Gasteiger partial charge in [-0.2, -0.15) is 0 Å². The number of rotatable bonds is 5. The quantitative estimate of drug-likeness (QED) is 0.478. The third-order valence-electron chi connectivity index (χ3n) is 2.93. The van der Waals surface area contributed by atoms with Crippen molar-refractivity contribution >= 4 is 17.9 Å². The molecule has 1 aliphatic rings. The molecule has 1 heterocycles. The van der Waals surface area contributed by atoms with Gasteiger partial charge in [-0.05, 0) is 0 Å². The highest BCUT2D eigenvalue weighted by molar-refractivity contribution is 5.69. The Morgan fingerprint density at radius 3 is 2.09 bits per heavy atom. The molecule has 0 aromatic carbocycles. The number of hydrogen-bond donors (Lipinski definition) is 2. The largest absolute Gasteiger partial charge is 0.463 e. The van der Waals surface area contributed by atoms with E-state index in [-0.39, 0.29) is 13.0 Å². The third-order valence-corrected chi connectivity index (χ3v) is 2.93. The van der Waals surface area contributed by atoms with Crippen LogP contribution in [0.2, 0.25) is 0 Å². The summed E-state index contributed by atoms with van der Waals surface area (Å²) in [5, 5.41) is 19.5. The molecule has 0 spiro atoms. The van der Waals surface area contributed by atoms with Crippen molar-refractivity contribution in [3.05, 3.63) is 0 Å². The number of aliphatic hydroxyl groups is 2. The van der Waals surface area contributed by atoms with E-state index >= 15 is 0 Å². The summed E-state index contributed by atoms with van der Waals surface area (Å²) in [4.78, 5) is 33.5. The van der Waals surface area contributed by atoms with Crippen LogP contribution in [0.15, 0.2) is 0 Å². The predicted octanol–water partition coefficient (Wildman–Crippen LogP) is -1.12. The van der Waals surface area contributed by atoms with Crippen LogP contribution in [0.4, 0.5) is 0 Å². The zero-order valence-corrected chi connectivity index (χ0v) is 12.6. The van der Waals surface area contributed by atoms with Crippen molar-refractivity contribution in [2.75, 3.05) is 6.61 Å². The number of aliphatic hydroxyl groups excluding tert-OH is 2. The molecule has 0 aliphatic carbocycles. The summed E-state index contributed by atoms with van der Waals surface area (Å²) in [6, 6.07) is 0. The lowest BCUT2D eigenvalue weighted by atomic mass is 9.98. The number of hydrogen-bond acceptors (Lipinski definition) is 9.